The van der Waals surface area contributed by atoms with E-state index in [0.29, 0.717) is 6.04 Å². The molecule has 3 aromatic rings. The zero-order chi connectivity index (χ0) is 19.1. The Morgan fingerprint density at radius 3 is 2.86 bits per heavy atom. The number of hydrogen-bond donors (Lipinski definition) is 1. The first kappa shape index (κ1) is 17.6. The monoisotopic (exact) mass is 376 g/mol. The Morgan fingerprint density at radius 1 is 1.14 bits per heavy atom. The molecule has 0 unspecified atom stereocenters. The Labute approximate surface area is 166 Å². The summed E-state index contributed by atoms with van der Waals surface area (Å²) in [5, 5.41) is 4.63. The summed E-state index contributed by atoms with van der Waals surface area (Å²) in [5.41, 5.74) is 5.98. The molecule has 2 atom stereocenters. The molecular formula is C22H28N6. The molecule has 0 saturated carbocycles. The molecule has 6 heteroatoms. The van der Waals surface area contributed by atoms with Crippen LogP contribution in [0.1, 0.15) is 29.1 Å². The molecule has 1 N–H and O–H groups in total. The average molecular weight is 377 g/mol. The van der Waals surface area contributed by atoms with Crippen molar-refractivity contribution in [3.8, 4) is 5.69 Å². The quantitative estimate of drug-likeness (QED) is 0.744. The Balaban J connectivity index is 1.26. The molecule has 2 aliphatic heterocycles. The maximum atomic E-state index is 4.63. The van der Waals surface area contributed by atoms with Crippen LogP contribution in [0, 0.1) is 19.8 Å². The fourth-order valence-corrected chi connectivity index (χ4v) is 4.99. The number of benzene rings is 1. The van der Waals surface area contributed by atoms with Gasteiger partial charge in [0.2, 0.25) is 0 Å². The highest BCUT2D eigenvalue weighted by Gasteiger charge is 2.41. The lowest BCUT2D eigenvalue weighted by Gasteiger charge is -2.24. The van der Waals surface area contributed by atoms with Gasteiger partial charge in [0.1, 0.15) is 0 Å². The van der Waals surface area contributed by atoms with Gasteiger partial charge in [0, 0.05) is 49.8 Å². The van der Waals surface area contributed by atoms with Crippen molar-refractivity contribution in [1.29, 1.82) is 0 Å². The molecule has 2 aromatic heterocycles. The predicted octanol–water partition coefficient (Wildman–Crippen LogP) is 2.92. The number of fused-ring (bicyclic) bond motifs is 1. The Bertz CT molecular complexity index is 944. The maximum Gasteiger partial charge on any atom is 0.0922 e. The number of hydrogen-bond acceptors (Lipinski definition) is 4. The Morgan fingerprint density at radius 2 is 2.07 bits per heavy atom. The predicted molar refractivity (Wildman–Crippen MR) is 109 cm³/mol. The minimum atomic E-state index is 0.669. The van der Waals surface area contributed by atoms with Crippen LogP contribution in [0.5, 0.6) is 0 Å². The summed E-state index contributed by atoms with van der Waals surface area (Å²) in [6.07, 6.45) is 5.03. The molecular weight excluding hydrogens is 348 g/mol. The van der Waals surface area contributed by atoms with Gasteiger partial charge in [0.15, 0.2) is 0 Å². The van der Waals surface area contributed by atoms with Crippen molar-refractivity contribution in [1.82, 2.24) is 29.5 Å². The highest BCUT2D eigenvalue weighted by Crippen LogP contribution is 2.33. The van der Waals surface area contributed by atoms with Crippen LogP contribution < -0.4 is 0 Å². The standard InChI is InChI=1S/C22H28N6/c1-16-8-17(2)28(25-16)21-5-3-4-18(9-21)11-26-12-19-6-7-27(22(19)14-26)13-20-10-23-15-24-20/h3-5,8-10,15,19,22H,6-7,11-14H2,1-2H3,(H,23,24)/t19-,22+/m0/s1. The van der Waals surface area contributed by atoms with Crippen molar-refractivity contribution >= 4 is 0 Å². The van der Waals surface area contributed by atoms with Gasteiger partial charge in [-0.1, -0.05) is 12.1 Å². The second-order valence-corrected chi connectivity index (χ2v) is 8.37. The summed E-state index contributed by atoms with van der Waals surface area (Å²) in [6.45, 7) is 9.72. The summed E-state index contributed by atoms with van der Waals surface area (Å²) >= 11 is 0. The average Bonchev–Trinajstić information content (AvgIpc) is 3.43. The summed E-state index contributed by atoms with van der Waals surface area (Å²) in [7, 11) is 0. The molecule has 4 heterocycles. The van der Waals surface area contributed by atoms with E-state index in [1.54, 1.807) is 6.33 Å². The topological polar surface area (TPSA) is 53.0 Å². The van der Waals surface area contributed by atoms with Gasteiger partial charge in [-0.25, -0.2) is 9.67 Å². The second-order valence-electron chi connectivity index (χ2n) is 8.37. The zero-order valence-electron chi connectivity index (χ0n) is 16.7. The third-order valence-corrected chi connectivity index (χ3v) is 6.24. The van der Waals surface area contributed by atoms with Gasteiger partial charge in [0.25, 0.3) is 0 Å². The van der Waals surface area contributed by atoms with Crippen LogP contribution in [0.3, 0.4) is 0 Å². The number of rotatable bonds is 5. The third kappa shape index (κ3) is 3.38. The first-order valence-electron chi connectivity index (χ1n) is 10.2. The molecule has 0 radical (unpaired) electrons. The molecule has 0 amide bonds. The van der Waals surface area contributed by atoms with Crippen molar-refractivity contribution in [3.05, 3.63) is 65.5 Å². The van der Waals surface area contributed by atoms with Crippen molar-refractivity contribution in [2.45, 2.75) is 39.4 Å². The van der Waals surface area contributed by atoms with Crippen LogP contribution in [0.2, 0.25) is 0 Å². The maximum absolute atomic E-state index is 4.63. The molecule has 0 aliphatic carbocycles. The number of aryl methyl sites for hydroxylation is 2. The Kier molecular flexibility index (Phi) is 4.53. The highest BCUT2D eigenvalue weighted by molar-refractivity contribution is 5.37. The summed E-state index contributed by atoms with van der Waals surface area (Å²) in [5.74, 6) is 0.794. The van der Waals surface area contributed by atoms with Gasteiger partial charge in [0.05, 0.1) is 17.7 Å². The van der Waals surface area contributed by atoms with Gasteiger partial charge < -0.3 is 4.98 Å². The van der Waals surface area contributed by atoms with Crippen molar-refractivity contribution in [3.63, 3.8) is 0 Å². The lowest BCUT2D eigenvalue weighted by molar-refractivity contribution is 0.213. The SMILES string of the molecule is Cc1cc(C)n(-c2cccc(CN3C[C@@H]4CCN(Cc5cnc[nH]5)[C@@H]4C3)c2)n1. The lowest BCUT2D eigenvalue weighted by Crippen LogP contribution is -2.34. The first-order chi connectivity index (χ1) is 13.7. The minimum Gasteiger partial charge on any atom is -0.347 e. The lowest BCUT2D eigenvalue weighted by atomic mass is 10.1. The van der Waals surface area contributed by atoms with Gasteiger partial charge in [-0.3, -0.25) is 9.80 Å². The Hall–Kier alpha value is -2.44. The van der Waals surface area contributed by atoms with E-state index in [0.717, 1.165) is 36.9 Å². The van der Waals surface area contributed by atoms with Gasteiger partial charge >= 0.3 is 0 Å². The minimum absolute atomic E-state index is 0.669. The van der Waals surface area contributed by atoms with E-state index in [9.17, 15) is 0 Å². The van der Waals surface area contributed by atoms with E-state index in [1.807, 2.05) is 17.8 Å². The fraction of sp³-hybridized carbons (Fsp3) is 0.455. The number of H-pyrrole nitrogens is 1. The highest BCUT2D eigenvalue weighted by atomic mass is 15.3. The smallest absolute Gasteiger partial charge is 0.0922 e. The molecule has 5 rings (SSSR count). The van der Waals surface area contributed by atoms with Crippen molar-refractivity contribution in [2.75, 3.05) is 19.6 Å². The molecule has 0 spiro atoms. The van der Waals surface area contributed by atoms with Crippen LogP contribution >= 0.6 is 0 Å². The summed E-state index contributed by atoms with van der Waals surface area (Å²) in [4.78, 5) is 12.7. The molecule has 6 nitrogen and oxygen atoms in total. The van der Waals surface area contributed by atoms with Crippen LogP contribution in [-0.2, 0) is 13.1 Å². The molecule has 2 saturated heterocycles. The van der Waals surface area contributed by atoms with Gasteiger partial charge in [-0.2, -0.15) is 5.10 Å². The van der Waals surface area contributed by atoms with E-state index < -0.39 is 0 Å². The van der Waals surface area contributed by atoms with E-state index >= 15 is 0 Å². The molecule has 2 aliphatic rings. The van der Waals surface area contributed by atoms with Crippen LogP contribution in [-0.4, -0.2) is 55.2 Å². The summed E-state index contributed by atoms with van der Waals surface area (Å²) in [6, 6.07) is 11.6. The van der Waals surface area contributed by atoms with Crippen molar-refractivity contribution in [2.24, 2.45) is 5.92 Å². The molecule has 28 heavy (non-hydrogen) atoms. The number of imidazole rings is 1. The number of nitrogens with one attached hydrogen (secondary N) is 1. The van der Waals surface area contributed by atoms with E-state index in [1.165, 1.54) is 36.5 Å². The summed E-state index contributed by atoms with van der Waals surface area (Å²) < 4.78 is 2.05. The van der Waals surface area contributed by atoms with Crippen LogP contribution in [0.4, 0.5) is 0 Å². The number of aromatic amines is 1. The second kappa shape index (κ2) is 7.18. The molecule has 1 aromatic carbocycles. The largest absolute Gasteiger partial charge is 0.347 e. The van der Waals surface area contributed by atoms with Gasteiger partial charge in [-0.15, -0.1) is 0 Å². The number of likely N-dealkylation sites (tertiary alicyclic amines) is 2. The van der Waals surface area contributed by atoms with E-state index in [2.05, 4.69) is 62.1 Å². The third-order valence-electron chi connectivity index (χ3n) is 6.24. The van der Waals surface area contributed by atoms with Crippen LogP contribution in [0.25, 0.3) is 5.69 Å². The number of aromatic nitrogens is 4. The normalized spacial score (nSPS) is 22.8. The fourth-order valence-electron chi connectivity index (χ4n) is 4.99. The molecule has 0 bridgehead atoms. The first-order valence-corrected chi connectivity index (χ1v) is 10.2. The molecule has 2 fully saturated rings. The van der Waals surface area contributed by atoms with Gasteiger partial charge in [-0.05, 0) is 56.5 Å². The van der Waals surface area contributed by atoms with E-state index in [4.69, 9.17) is 0 Å². The zero-order valence-corrected chi connectivity index (χ0v) is 16.7. The van der Waals surface area contributed by atoms with Crippen molar-refractivity contribution < 1.29 is 0 Å². The number of nitrogens with zero attached hydrogens (tertiary/aromatic N) is 5. The molecule has 146 valence electrons. The van der Waals surface area contributed by atoms with E-state index in [-0.39, 0.29) is 0 Å². The van der Waals surface area contributed by atoms with Crippen LogP contribution in [0.15, 0.2) is 42.9 Å².